The molecule has 0 aliphatic carbocycles. The van der Waals surface area contributed by atoms with Gasteiger partial charge in [-0.1, -0.05) is 12.1 Å². The van der Waals surface area contributed by atoms with Crippen molar-refractivity contribution in [2.75, 3.05) is 35.3 Å². The third kappa shape index (κ3) is 4.60. The van der Waals surface area contributed by atoms with E-state index < -0.39 is 0 Å². The second kappa shape index (κ2) is 9.04. The Bertz CT molecular complexity index is 1030. The number of hydrogen-bond donors (Lipinski definition) is 1. The van der Waals surface area contributed by atoms with Crippen molar-refractivity contribution in [1.29, 1.82) is 0 Å². The highest BCUT2D eigenvalue weighted by atomic mass is 16.5. The summed E-state index contributed by atoms with van der Waals surface area (Å²) in [6.07, 6.45) is 6.05. The molecule has 4 rings (SSSR count). The molecular weight excluding hydrogens is 394 g/mol. The van der Waals surface area contributed by atoms with Crippen molar-refractivity contribution < 1.29 is 19.1 Å². The third-order valence-electron chi connectivity index (χ3n) is 5.52. The van der Waals surface area contributed by atoms with Crippen molar-refractivity contribution in [2.24, 2.45) is 0 Å². The maximum Gasteiger partial charge on any atom is 0.248 e. The van der Waals surface area contributed by atoms with Crippen LogP contribution in [0.25, 0.3) is 6.08 Å². The normalized spacial score (nSPS) is 16.4. The number of carbonyl (C=O) groups is 3. The summed E-state index contributed by atoms with van der Waals surface area (Å²) in [6, 6.07) is 12.8. The van der Waals surface area contributed by atoms with Gasteiger partial charge in [0, 0.05) is 49.4 Å². The molecule has 2 fully saturated rings. The summed E-state index contributed by atoms with van der Waals surface area (Å²) in [5.41, 5.74) is 3.05. The van der Waals surface area contributed by atoms with E-state index in [9.17, 15) is 14.4 Å². The second-order valence-electron chi connectivity index (χ2n) is 7.60. The van der Waals surface area contributed by atoms with E-state index in [4.69, 9.17) is 4.74 Å². The highest BCUT2D eigenvalue weighted by molar-refractivity contribution is 6.03. The number of anilines is 3. The lowest BCUT2D eigenvalue weighted by atomic mass is 10.2. The lowest BCUT2D eigenvalue weighted by Crippen LogP contribution is -2.24. The van der Waals surface area contributed by atoms with Crippen LogP contribution in [-0.2, 0) is 14.4 Å². The smallest absolute Gasteiger partial charge is 0.248 e. The van der Waals surface area contributed by atoms with Gasteiger partial charge in [0.15, 0.2) is 0 Å². The Morgan fingerprint density at radius 2 is 1.65 bits per heavy atom. The van der Waals surface area contributed by atoms with E-state index in [-0.39, 0.29) is 17.7 Å². The van der Waals surface area contributed by atoms with Crippen LogP contribution in [-0.4, -0.2) is 37.9 Å². The lowest BCUT2D eigenvalue weighted by molar-refractivity contribution is -0.117. The minimum absolute atomic E-state index is 0.0816. The maximum absolute atomic E-state index is 12.3. The molecule has 3 amide bonds. The van der Waals surface area contributed by atoms with E-state index in [1.54, 1.807) is 41.2 Å². The van der Waals surface area contributed by atoms with Gasteiger partial charge in [-0.2, -0.15) is 0 Å². The number of carbonyl (C=O) groups excluding carboxylic acids is 3. The van der Waals surface area contributed by atoms with Crippen LogP contribution >= 0.6 is 0 Å². The van der Waals surface area contributed by atoms with Gasteiger partial charge < -0.3 is 19.9 Å². The predicted octanol–water partition coefficient (Wildman–Crippen LogP) is 3.60. The molecule has 0 saturated carbocycles. The molecule has 2 heterocycles. The standard InChI is InChI=1S/C24H25N3O4/c1-31-21-16-18(9-12-20(21)27-15-3-5-24(27)30)25-22(28)13-8-17-6-10-19(11-7-17)26-14-2-4-23(26)29/h6-13,16H,2-5,14-15H2,1H3,(H,25,28)/b13-8+. The van der Waals surface area contributed by atoms with Crippen LogP contribution in [0.4, 0.5) is 17.1 Å². The number of hydrogen-bond acceptors (Lipinski definition) is 4. The summed E-state index contributed by atoms with van der Waals surface area (Å²) in [5, 5.41) is 2.82. The molecule has 2 aromatic carbocycles. The van der Waals surface area contributed by atoms with Crippen molar-refractivity contribution in [2.45, 2.75) is 25.7 Å². The number of methoxy groups -OCH3 is 1. The number of ether oxygens (including phenoxy) is 1. The van der Waals surface area contributed by atoms with Crippen LogP contribution in [0.3, 0.4) is 0 Å². The number of amides is 3. The van der Waals surface area contributed by atoms with Crippen LogP contribution in [0.15, 0.2) is 48.5 Å². The molecule has 0 aromatic heterocycles. The van der Waals surface area contributed by atoms with E-state index >= 15 is 0 Å². The average molecular weight is 419 g/mol. The monoisotopic (exact) mass is 419 g/mol. The Kier molecular flexibility index (Phi) is 6.02. The van der Waals surface area contributed by atoms with Gasteiger partial charge in [0.2, 0.25) is 17.7 Å². The van der Waals surface area contributed by atoms with Crippen molar-refractivity contribution in [1.82, 2.24) is 0 Å². The molecule has 0 radical (unpaired) electrons. The number of benzene rings is 2. The average Bonchev–Trinajstić information content (AvgIpc) is 3.40. The molecule has 2 aliphatic heterocycles. The molecule has 0 bridgehead atoms. The Hall–Kier alpha value is -3.61. The van der Waals surface area contributed by atoms with Crippen molar-refractivity contribution >= 4 is 40.9 Å². The van der Waals surface area contributed by atoms with Crippen LogP contribution in [0.5, 0.6) is 5.75 Å². The third-order valence-corrected chi connectivity index (χ3v) is 5.52. The molecule has 7 nitrogen and oxygen atoms in total. The fraction of sp³-hybridized carbons (Fsp3) is 0.292. The van der Waals surface area contributed by atoms with Crippen molar-refractivity contribution in [3.8, 4) is 5.75 Å². The quantitative estimate of drug-likeness (QED) is 0.726. The van der Waals surface area contributed by atoms with Gasteiger partial charge in [-0.25, -0.2) is 0 Å². The summed E-state index contributed by atoms with van der Waals surface area (Å²) in [5.74, 6) is 0.506. The molecule has 160 valence electrons. The summed E-state index contributed by atoms with van der Waals surface area (Å²) in [6.45, 7) is 1.43. The SMILES string of the molecule is COc1cc(NC(=O)/C=C/c2ccc(N3CCCC3=O)cc2)ccc1N1CCCC1=O. The second-order valence-corrected chi connectivity index (χ2v) is 7.60. The first-order valence-electron chi connectivity index (χ1n) is 10.4. The first-order valence-corrected chi connectivity index (χ1v) is 10.4. The molecule has 0 atom stereocenters. The number of nitrogens with one attached hydrogen (secondary N) is 1. The Morgan fingerprint density at radius 1 is 0.968 bits per heavy atom. The first kappa shape index (κ1) is 20.7. The summed E-state index contributed by atoms with van der Waals surface area (Å²) >= 11 is 0. The lowest BCUT2D eigenvalue weighted by Gasteiger charge is -2.19. The summed E-state index contributed by atoms with van der Waals surface area (Å²) in [7, 11) is 1.55. The highest BCUT2D eigenvalue weighted by Gasteiger charge is 2.24. The largest absolute Gasteiger partial charge is 0.494 e. The molecule has 2 aromatic rings. The van der Waals surface area contributed by atoms with E-state index in [0.717, 1.165) is 36.3 Å². The zero-order valence-electron chi connectivity index (χ0n) is 17.5. The zero-order valence-corrected chi connectivity index (χ0v) is 17.5. The number of rotatable bonds is 6. The minimum Gasteiger partial charge on any atom is -0.494 e. The zero-order chi connectivity index (χ0) is 21.8. The van der Waals surface area contributed by atoms with Gasteiger partial charge in [-0.15, -0.1) is 0 Å². The number of nitrogens with zero attached hydrogens (tertiary/aromatic N) is 2. The van der Waals surface area contributed by atoms with Gasteiger partial charge in [0.25, 0.3) is 0 Å². The van der Waals surface area contributed by atoms with E-state index in [2.05, 4.69) is 5.32 Å². The summed E-state index contributed by atoms with van der Waals surface area (Å²) < 4.78 is 5.43. The van der Waals surface area contributed by atoms with Crippen molar-refractivity contribution in [3.05, 3.63) is 54.1 Å². The van der Waals surface area contributed by atoms with E-state index in [1.807, 2.05) is 24.3 Å². The predicted molar refractivity (Wildman–Crippen MR) is 120 cm³/mol. The molecular formula is C24H25N3O4. The van der Waals surface area contributed by atoms with Gasteiger partial charge in [0.1, 0.15) is 5.75 Å². The molecule has 0 unspecified atom stereocenters. The van der Waals surface area contributed by atoms with Gasteiger partial charge in [-0.05, 0) is 48.7 Å². The fourth-order valence-electron chi connectivity index (χ4n) is 3.92. The molecule has 7 heteroatoms. The Balaban J connectivity index is 1.39. The Morgan fingerprint density at radius 3 is 2.26 bits per heavy atom. The Labute approximate surface area is 181 Å². The molecule has 1 N–H and O–H groups in total. The first-order chi connectivity index (χ1) is 15.0. The van der Waals surface area contributed by atoms with Crippen LogP contribution < -0.4 is 19.9 Å². The summed E-state index contributed by atoms with van der Waals surface area (Å²) in [4.78, 5) is 39.7. The highest BCUT2D eigenvalue weighted by Crippen LogP contribution is 2.33. The minimum atomic E-state index is -0.272. The van der Waals surface area contributed by atoms with Crippen LogP contribution in [0.2, 0.25) is 0 Å². The molecule has 0 spiro atoms. The van der Waals surface area contributed by atoms with Crippen LogP contribution in [0, 0.1) is 0 Å². The van der Waals surface area contributed by atoms with Gasteiger partial charge in [0.05, 0.1) is 12.8 Å². The van der Waals surface area contributed by atoms with Gasteiger partial charge in [-0.3, -0.25) is 14.4 Å². The van der Waals surface area contributed by atoms with E-state index in [1.165, 1.54) is 6.08 Å². The maximum atomic E-state index is 12.3. The molecule has 2 aliphatic rings. The molecule has 2 saturated heterocycles. The van der Waals surface area contributed by atoms with Crippen LogP contribution in [0.1, 0.15) is 31.2 Å². The van der Waals surface area contributed by atoms with E-state index in [0.29, 0.717) is 30.8 Å². The van der Waals surface area contributed by atoms with Crippen molar-refractivity contribution in [3.63, 3.8) is 0 Å². The molecule has 31 heavy (non-hydrogen) atoms. The topological polar surface area (TPSA) is 79.0 Å². The fourth-order valence-corrected chi connectivity index (χ4v) is 3.92. The van der Waals surface area contributed by atoms with Gasteiger partial charge >= 0.3 is 0 Å².